The maximum atomic E-state index is 12.4. The number of nitrogens with two attached hydrogens (primary N) is 1. The molecule has 2 rings (SSSR count). The van der Waals surface area contributed by atoms with Gasteiger partial charge in [-0.3, -0.25) is 19.2 Å². The molecule has 0 aromatic heterocycles. The number of nitrogens with one attached hydrogen (secondary N) is 2. The zero-order chi connectivity index (χ0) is 22.1. The molecule has 0 saturated carbocycles. The lowest BCUT2D eigenvalue weighted by Gasteiger charge is -2.21. The molecule has 0 radical (unpaired) electrons. The number of anilines is 2. The van der Waals surface area contributed by atoms with E-state index in [1.54, 1.807) is 49.4 Å². The lowest BCUT2D eigenvalue weighted by Crippen LogP contribution is -2.40. The molecule has 4 amide bonds. The number of nitrogens with zero attached hydrogens (tertiary/aromatic N) is 1. The van der Waals surface area contributed by atoms with E-state index < -0.39 is 11.8 Å². The number of hydrogen-bond acceptors (Lipinski definition) is 5. The summed E-state index contributed by atoms with van der Waals surface area (Å²) < 4.78 is 5.43. The molecule has 0 aliphatic carbocycles. The van der Waals surface area contributed by atoms with E-state index in [1.165, 1.54) is 17.9 Å². The van der Waals surface area contributed by atoms with Crippen LogP contribution in [0, 0.1) is 0 Å². The van der Waals surface area contributed by atoms with Crippen LogP contribution >= 0.6 is 0 Å². The Kier molecular flexibility index (Phi) is 7.92. The minimum absolute atomic E-state index is 0.163. The number of likely N-dealkylation sites (N-methyl/N-ethyl adjacent to an activating group) is 1. The zero-order valence-electron chi connectivity index (χ0n) is 16.8. The van der Waals surface area contributed by atoms with Crippen LogP contribution in [0.1, 0.15) is 24.2 Å². The molecule has 0 unspecified atom stereocenters. The molecular formula is C21H24N4O5. The third kappa shape index (κ3) is 6.62. The molecule has 2 aromatic rings. The first-order valence-corrected chi connectivity index (χ1v) is 9.27. The highest BCUT2D eigenvalue weighted by Gasteiger charge is 2.17. The summed E-state index contributed by atoms with van der Waals surface area (Å²) in [6.07, 6.45) is 0. The van der Waals surface area contributed by atoms with Gasteiger partial charge >= 0.3 is 0 Å². The second-order valence-corrected chi connectivity index (χ2v) is 6.36. The van der Waals surface area contributed by atoms with E-state index in [2.05, 4.69) is 10.6 Å². The maximum Gasteiger partial charge on any atom is 0.260 e. The van der Waals surface area contributed by atoms with Crippen LogP contribution < -0.4 is 21.1 Å². The Bertz CT molecular complexity index is 927. The van der Waals surface area contributed by atoms with Gasteiger partial charge in [0.1, 0.15) is 5.75 Å². The van der Waals surface area contributed by atoms with Gasteiger partial charge in [0, 0.05) is 24.8 Å². The van der Waals surface area contributed by atoms with Crippen molar-refractivity contribution in [1.29, 1.82) is 0 Å². The topological polar surface area (TPSA) is 131 Å². The molecule has 0 aliphatic rings. The molecule has 4 N–H and O–H groups in total. The molecule has 9 heteroatoms. The fourth-order valence-corrected chi connectivity index (χ4v) is 2.62. The van der Waals surface area contributed by atoms with Gasteiger partial charge in [-0.1, -0.05) is 12.1 Å². The standard InChI is InChI=1S/C21H24N4O5/c1-3-25(20(28)13-30-18-7-5-4-6-17(18)21(22)29)12-19(27)24-16-10-8-15(9-11-16)23-14(2)26/h4-11H,3,12-13H2,1-2H3,(H2,22,29)(H,23,26)(H,24,27). The summed E-state index contributed by atoms with van der Waals surface area (Å²) in [6.45, 7) is 2.95. The Labute approximate surface area is 174 Å². The molecule has 0 bridgehead atoms. The average Bonchev–Trinajstić information content (AvgIpc) is 2.71. The molecule has 0 spiro atoms. The zero-order valence-corrected chi connectivity index (χ0v) is 16.8. The van der Waals surface area contributed by atoms with Crippen LogP contribution in [-0.4, -0.2) is 48.2 Å². The van der Waals surface area contributed by atoms with E-state index in [1.807, 2.05) is 0 Å². The normalized spacial score (nSPS) is 10.1. The van der Waals surface area contributed by atoms with Crippen molar-refractivity contribution < 1.29 is 23.9 Å². The van der Waals surface area contributed by atoms with Gasteiger partial charge in [0.25, 0.3) is 11.8 Å². The van der Waals surface area contributed by atoms with Gasteiger partial charge in [0.15, 0.2) is 6.61 Å². The first-order valence-electron chi connectivity index (χ1n) is 9.27. The van der Waals surface area contributed by atoms with Gasteiger partial charge in [-0.15, -0.1) is 0 Å². The number of ether oxygens (including phenoxy) is 1. The fourth-order valence-electron chi connectivity index (χ4n) is 2.62. The fraction of sp³-hybridized carbons (Fsp3) is 0.238. The highest BCUT2D eigenvalue weighted by molar-refractivity contribution is 5.96. The maximum absolute atomic E-state index is 12.4. The van der Waals surface area contributed by atoms with Gasteiger partial charge in [0.05, 0.1) is 12.1 Å². The van der Waals surface area contributed by atoms with Gasteiger partial charge in [-0.2, -0.15) is 0 Å². The minimum atomic E-state index is -0.658. The summed E-state index contributed by atoms with van der Waals surface area (Å²) in [6, 6.07) is 12.9. The molecule has 9 nitrogen and oxygen atoms in total. The number of rotatable bonds is 9. The van der Waals surface area contributed by atoms with Crippen molar-refractivity contribution in [2.75, 3.05) is 30.3 Å². The van der Waals surface area contributed by atoms with Crippen LogP contribution in [0.5, 0.6) is 5.75 Å². The second-order valence-electron chi connectivity index (χ2n) is 6.36. The highest BCUT2D eigenvalue weighted by Crippen LogP contribution is 2.17. The third-order valence-electron chi connectivity index (χ3n) is 4.06. The third-order valence-corrected chi connectivity index (χ3v) is 4.06. The molecule has 30 heavy (non-hydrogen) atoms. The number of para-hydroxylation sites is 1. The van der Waals surface area contributed by atoms with E-state index in [-0.39, 0.29) is 36.3 Å². The van der Waals surface area contributed by atoms with Crippen molar-refractivity contribution in [2.45, 2.75) is 13.8 Å². The average molecular weight is 412 g/mol. The van der Waals surface area contributed by atoms with Crippen molar-refractivity contribution >= 4 is 35.0 Å². The number of carbonyl (C=O) groups excluding carboxylic acids is 4. The summed E-state index contributed by atoms with van der Waals surface area (Å²) in [5, 5.41) is 5.33. The molecule has 158 valence electrons. The molecule has 0 aliphatic heterocycles. The van der Waals surface area contributed by atoms with Crippen molar-refractivity contribution in [3.8, 4) is 5.75 Å². The van der Waals surface area contributed by atoms with Crippen molar-refractivity contribution in [3.63, 3.8) is 0 Å². The van der Waals surface area contributed by atoms with Crippen LogP contribution in [0.3, 0.4) is 0 Å². The number of hydrogen-bond donors (Lipinski definition) is 3. The molecular weight excluding hydrogens is 388 g/mol. The Morgan fingerprint density at radius 1 is 0.967 bits per heavy atom. The lowest BCUT2D eigenvalue weighted by molar-refractivity contribution is -0.136. The van der Waals surface area contributed by atoms with Gasteiger partial charge < -0.3 is 26.0 Å². The Balaban J connectivity index is 1.91. The van der Waals surface area contributed by atoms with Gasteiger partial charge in [0.2, 0.25) is 11.8 Å². The Morgan fingerprint density at radius 3 is 2.13 bits per heavy atom. The number of benzene rings is 2. The van der Waals surface area contributed by atoms with Crippen LogP contribution in [0.25, 0.3) is 0 Å². The predicted octanol–water partition coefficient (Wildman–Crippen LogP) is 1.61. The van der Waals surface area contributed by atoms with Gasteiger partial charge in [-0.25, -0.2) is 0 Å². The number of carbonyl (C=O) groups is 4. The minimum Gasteiger partial charge on any atom is -0.483 e. The predicted molar refractivity (Wildman–Crippen MR) is 112 cm³/mol. The largest absolute Gasteiger partial charge is 0.483 e. The summed E-state index contributed by atoms with van der Waals surface area (Å²) >= 11 is 0. The summed E-state index contributed by atoms with van der Waals surface area (Å²) in [5.74, 6) is -1.43. The molecule has 0 fully saturated rings. The smallest absolute Gasteiger partial charge is 0.260 e. The molecule has 0 saturated heterocycles. The lowest BCUT2D eigenvalue weighted by atomic mass is 10.2. The first-order chi connectivity index (χ1) is 14.3. The SMILES string of the molecule is CCN(CC(=O)Nc1ccc(NC(C)=O)cc1)C(=O)COc1ccccc1C(N)=O. The monoisotopic (exact) mass is 412 g/mol. The Hall–Kier alpha value is -3.88. The summed E-state index contributed by atoms with van der Waals surface area (Å²) in [7, 11) is 0. The van der Waals surface area contributed by atoms with Crippen LogP contribution in [-0.2, 0) is 14.4 Å². The van der Waals surface area contributed by atoms with E-state index in [4.69, 9.17) is 10.5 Å². The van der Waals surface area contributed by atoms with E-state index >= 15 is 0 Å². The highest BCUT2D eigenvalue weighted by atomic mass is 16.5. The van der Waals surface area contributed by atoms with Crippen LogP contribution in [0.15, 0.2) is 48.5 Å². The summed E-state index contributed by atoms with van der Waals surface area (Å²) in [5.41, 5.74) is 6.61. The molecule has 0 atom stereocenters. The quantitative estimate of drug-likeness (QED) is 0.576. The van der Waals surface area contributed by atoms with Crippen LogP contribution in [0.2, 0.25) is 0 Å². The first kappa shape index (κ1) is 22.4. The number of amides is 4. The number of primary amides is 1. The van der Waals surface area contributed by atoms with Crippen molar-refractivity contribution in [2.24, 2.45) is 5.73 Å². The second kappa shape index (κ2) is 10.6. The summed E-state index contributed by atoms with van der Waals surface area (Å²) in [4.78, 5) is 48.5. The van der Waals surface area contributed by atoms with E-state index in [9.17, 15) is 19.2 Å². The molecule has 0 heterocycles. The van der Waals surface area contributed by atoms with E-state index in [0.29, 0.717) is 17.9 Å². The van der Waals surface area contributed by atoms with Gasteiger partial charge in [-0.05, 0) is 43.3 Å². The Morgan fingerprint density at radius 2 is 1.57 bits per heavy atom. The van der Waals surface area contributed by atoms with Crippen molar-refractivity contribution in [3.05, 3.63) is 54.1 Å². The van der Waals surface area contributed by atoms with Crippen LogP contribution in [0.4, 0.5) is 11.4 Å². The molecule has 2 aromatic carbocycles. The van der Waals surface area contributed by atoms with Crippen molar-refractivity contribution in [1.82, 2.24) is 4.90 Å². The van der Waals surface area contributed by atoms with E-state index in [0.717, 1.165) is 0 Å².